The maximum atomic E-state index is 12.9. The van der Waals surface area contributed by atoms with Crippen LogP contribution in [0.2, 0.25) is 0 Å². The monoisotopic (exact) mass is 392 g/mol. The molecule has 1 aliphatic carbocycles. The smallest absolute Gasteiger partial charge is 0.165 e. The van der Waals surface area contributed by atoms with E-state index in [1.54, 1.807) is 13.0 Å². The molecule has 0 aromatic carbocycles. The van der Waals surface area contributed by atoms with E-state index in [9.17, 15) is 9.50 Å². The molecule has 2 N–H and O–H groups in total. The van der Waals surface area contributed by atoms with Gasteiger partial charge < -0.3 is 19.9 Å². The molecule has 156 valence electrons. The van der Waals surface area contributed by atoms with Crippen LogP contribution in [0.5, 0.6) is 0 Å². The number of halogens is 1. The van der Waals surface area contributed by atoms with E-state index < -0.39 is 5.79 Å². The van der Waals surface area contributed by atoms with Gasteiger partial charge in [-0.3, -0.25) is 0 Å². The normalized spacial score (nSPS) is 40.4. The molecule has 7 unspecified atom stereocenters. The number of nitrogens with zero attached hydrogens (tertiary/aromatic N) is 1. The van der Waals surface area contributed by atoms with Gasteiger partial charge in [-0.25, -0.2) is 9.37 Å². The molecule has 3 heterocycles. The molecule has 1 aromatic rings. The van der Waals surface area contributed by atoms with Gasteiger partial charge in [0.25, 0.3) is 0 Å². The standard InChI is InChI=1S/C22H33FN2O3/c1-14-17-6-3-5-15-10-11-22(2,26)28-21(20(15)17)27-18(14)7-4-12-24-19-9-8-16(23)13-25-19/h8-9,13-15,17-18,20-21,26H,3-7,10-12H2,1-2H3,(H,24,25). The topological polar surface area (TPSA) is 63.6 Å². The van der Waals surface area contributed by atoms with Crippen LogP contribution in [0.4, 0.5) is 10.2 Å². The minimum Gasteiger partial charge on any atom is -0.370 e. The lowest BCUT2D eigenvalue weighted by molar-refractivity contribution is -0.334. The second-order valence-corrected chi connectivity index (χ2v) is 9.10. The van der Waals surface area contributed by atoms with E-state index in [1.165, 1.54) is 31.5 Å². The van der Waals surface area contributed by atoms with Crippen molar-refractivity contribution in [3.05, 3.63) is 24.1 Å². The molecule has 2 saturated heterocycles. The number of hydrogen-bond acceptors (Lipinski definition) is 5. The van der Waals surface area contributed by atoms with Crippen LogP contribution in [0.25, 0.3) is 0 Å². The summed E-state index contributed by atoms with van der Waals surface area (Å²) in [6.45, 7) is 4.87. The third-order valence-electron chi connectivity index (χ3n) is 7.08. The van der Waals surface area contributed by atoms with Crippen molar-refractivity contribution < 1.29 is 19.0 Å². The Bertz CT molecular complexity index is 654. The van der Waals surface area contributed by atoms with Gasteiger partial charge in [-0.1, -0.05) is 13.3 Å². The van der Waals surface area contributed by atoms with E-state index in [2.05, 4.69) is 17.2 Å². The molecular formula is C22H33FN2O3. The molecule has 5 nitrogen and oxygen atoms in total. The van der Waals surface area contributed by atoms with Crippen molar-refractivity contribution in [1.82, 2.24) is 4.98 Å². The van der Waals surface area contributed by atoms with E-state index in [0.717, 1.165) is 25.8 Å². The number of aromatic nitrogens is 1. The van der Waals surface area contributed by atoms with Gasteiger partial charge in [-0.05, 0) is 68.9 Å². The van der Waals surface area contributed by atoms with Crippen LogP contribution in [0, 0.1) is 29.5 Å². The third-order valence-corrected chi connectivity index (χ3v) is 7.08. The van der Waals surface area contributed by atoms with E-state index >= 15 is 0 Å². The van der Waals surface area contributed by atoms with Gasteiger partial charge in [0.05, 0.1) is 12.3 Å². The minimum absolute atomic E-state index is 0.141. The SMILES string of the molecule is CC1C(CCCNc2ccc(F)cn2)OC2OC(C)(O)CCC3CCCC1C32. The summed E-state index contributed by atoms with van der Waals surface area (Å²) >= 11 is 0. The first-order valence-corrected chi connectivity index (χ1v) is 10.8. The average molecular weight is 393 g/mol. The van der Waals surface area contributed by atoms with Gasteiger partial charge in [-0.2, -0.15) is 0 Å². The fraction of sp³-hybridized carbons (Fsp3) is 0.773. The second kappa shape index (κ2) is 8.25. The molecule has 0 amide bonds. The molecule has 0 spiro atoms. The lowest BCUT2D eigenvalue weighted by Crippen LogP contribution is -2.52. The molecule has 3 fully saturated rings. The molecule has 0 radical (unpaired) electrons. The number of aliphatic hydroxyl groups is 1. The van der Waals surface area contributed by atoms with Crippen LogP contribution in [0.1, 0.15) is 58.8 Å². The molecule has 0 bridgehead atoms. The Hall–Kier alpha value is -1.24. The fourth-order valence-corrected chi connectivity index (χ4v) is 5.59. The quantitative estimate of drug-likeness (QED) is 0.731. The number of nitrogens with one attached hydrogen (secondary N) is 1. The minimum atomic E-state index is -1.09. The average Bonchev–Trinajstić information content (AvgIpc) is 2.80. The summed E-state index contributed by atoms with van der Waals surface area (Å²) in [6.07, 6.45) is 8.41. The summed E-state index contributed by atoms with van der Waals surface area (Å²) in [5.74, 6) is 1.41. The maximum Gasteiger partial charge on any atom is 0.165 e. The Balaban J connectivity index is 1.36. The van der Waals surface area contributed by atoms with Crippen LogP contribution in [-0.4, -0.2) is 34.8 Å². The van der Waals surface area contributed by atoms with Crippen molar-refractivity contribution >= 4 is 5.82 Å². The zero-order valence-electron chi connectivity index (χ0n) is 16.9. The van der Waals surface area contributed by atoms with Crippen LogP contribution < -0.4 is 5.32 Å². The van der Waals surface area contributed by atoms with Crippen molar-refractivity contribution in [2.45, 2.75) is 77.0 Å². The largest absolute Gasteiger partial charge is 0.370 e. The highest BCUT2D eigenvalue weighted by Gasteiger charge is 2.51. The van der Waals surface area contributed by atoms with Gasteiger partial charge >= 0.3 is 0 Å². The Labute approximate surface area is 167 Å². The highest BCUT2D eigenvalue weighted by Crippen LogP contribution is 2.51. The summed E-state index contributed by atoms with van der Waals surface area (Å²) in [7, 11) is 0. The molecule has 7 atom stereocenters. The Morgan fingerprint density at radius 1 is 1.32 bits per heavy atom. The van der Waals surface area contributed by atoms with Gasteiger partial charge in [0.15, 0.2) is 12.1 Å². The summed E-state index contributed by atoms with van der Waals surface area (Å²) in [6, 6.07) is 3.07. The van der Waals surface area contributed by atoms with Gasteiger partial charge in [0, 0.05) is 18.9 Å². The van der Waals surface area contributed by atoms with Crippen molar-refractivity contribution in [2.24, 2.45) is 23.7 Å². The number of hydrogen-bond donors (Lipinski definition) is 2. The predicted molar refractivity (Wildman–Crippen MR) is 105 cm³/mol. The third kappa shape index (κ3) is 4.34. The zero-order valence-corrected chi connectivity index (χ0v) is 16.9. The fourth-order valence-electron chi connectivity index (χ4n) is 5.59. The number of ether oxygens (including phenoxy) is 2. The van der Waals surface area contributed by atoms with Crippen molar-refractivity contribution in [3.63, 3.8) is 0 Å². The van der Waals surface area contributed by atoms with Crippen LogP contribution >= 0.6 is 0 Å². The first-order valence-electron chi connectivity index (χ1n) is 10.8. The van der Waals surface area contributed by atoms with Gasteiger partial charge in [0.2, 0.25) is 0 Å². The number of rotatable bonds is 5. The Kier molecular flexibility index (Phi) is 5.91. The first kappa shape index (κ1) is 20.0. The van der Waals surface area contributed by atoms with Gasteiger partial charge in [-0.15, -0.1) is 0 Å². The molecule has 2 aliphatic heterocycles. The van der Waals surface area contributed by atoms with Crippen LogP contribution in [0.15, 0.2) is 18.3 Å². The van der Waals surface area contributed by atoms with Crippen molar-refractivity contribution in [2.75, 3.05) is 11.9 Å². The van der Waals surface area contributed by atoms with Crippen LogP contribution in [-0.2, 0) is 9.47 Å². The summed E-state index contributed by atoms with van der Waals surface area (Å²) < 4.78 is 25.5. The Morgan fingerprint density at radius 2 is 2.18 bits per heavy atom. The first-order chi connectivity index (χ1) is 13.4. The highest BCUT2D eigenvalue weighted by molar-refractivity contribution is 5.33. The van der Waals surface area contributed by atoms with Gasteiger partial charge in [0.1, 0.15) is 11.6 Å². The van der Waals surface area contributed by atoms with Crippen molar-refractivity contribution in [1.29, 1.82) is 0 Å². The van der Waals surface area contributed by atoms with E-state index in [4.69, 9.17) is 9.47 Å². The summed E-state index contributed by atoms with van der Waals surface area (Å²) in [5, 5.41) is 13.8. The zero-order chi connectivity index (χ0) is 19.7. The molecule has 1 saturated carbocycles. The molecule has 3 aliphatic rings. The maximum absolute atomic E-state index is 12.9. The van der Waals surface area contributed by atoms with E-state index in [-0.39, 0.29) is 18.2 Å². The summed E-state index contributed by atoms with van der Waals surface area (Å²) in [4.78, 5) is 4.03. The molecule has 4 rings (SSSR count). The second-order valence-electron chi connectivity index (χ2n) is 9.10. The molecule has 1 aromatic heterocycles. The highest BCUT2D eigenvalue weighted by atomic mass is 19.1. The lowest BCUT2D eigenvalue weighted by atomic mass is 9.63. The number of pyridine rings is 1. The summed E-state index contributed by atoms with van der Waals surface area (Å²) in [5.41, 5.74) is 0. The molecular weight excluding hydrogens is 359 g/mol. The van der Waals surface area contributed by atoms with E-state index in [0.29, 0.717) is 35.9 Å². The molecule has 6 heteroatoms. The lowest BCUT2D eigenvalue weighted by Gasteiger charge is -2.50. The molecule has 28 heavy (non-hydrogen) atoms. The number of anilines is 1. The van der Waals surface area contributed by atoms with E-state index in [1.807, 2.05) is 0 Å². The van der Waals surface area contributed by atoms with Crippen molar-refractivity contribution in [3.8, 4) is 0 Å². The Morgan fingerprint density at radius 3 is 2.96 bits per heavy atom. The van der Waals surface area contributed by atoms with Crippen LogP contribution in [0.3, 0.4) is 0 Å². The predicted octanol–water partition coefficient (Wildman–Crippen LogP) is 4.33.